The molecule has 1 aromatic carbocycles. The molecule has 0 heterocycles. The van der Waals surface area contributed by atoms with E-state index in [0.717, 1.165) is 6.42 Å². The number of rotatable bonds is 4. The van der Waals surface area contributed by atoms with Crippen molar-refractivity contribution in [1.29, 1.82) is 0 Å². The molecule has 0 aliphatic heterocycles. The van der Waals surface area contributed by atoms with E-state index < -0.39 is 0 Å². The first-order valence-corrected chi connectivity index (χ1v) is 5.79. The largest absolute Gasteiger partial charge is 0.355 e. The average Bonchev–Trinajstić information content (AvgIpc) is 2.27. The van der Waals surface area contributed by atoms with Crippen LogP contribution in [-0.2, 0) is 16.6 Å². The first kappa shape index (κ1) is 12.8. The molecule has 1 rings (SSSR count). The number of benzene rings is 1. The Morgan fingerprint density at radius 3 is 2.25 bits per heavy atom. The number of hydrogen-bond donors (Lipinski definition) is 1. The van der Waals surface area contributed by atoms with Crippen LogP contribution >= 0.6 is 0 Å². The van der Waals surface area contributed by atoms with Gasteiger partial charge in [0.1, 0.15) is 0 Å². The number of carbonyl (C=O) groups excluding carboxylic acids is 1. The minimum Gasteiger partial charge on any atom is -0.355 e. The Kier molecular flexibility index (Phi) is 4.11. The summed E-state index contributed by atoms with van der Waals surface area (Å²) in [5.41, 5.74) is 2.59. The van der Waals surface area contributed by atoms with Crippen LogP contribution in [0.5, 0.6) is 0 Å². The van der Waals surface area contributed by atoms with Crippen molar-refractivity contribution in [3.63, 3.8) is 0 Å². The molecule has 88 valence electrons. The Morgan fingerprint density at radius 1 is 1.25 bits per heavy atom. The van der Waals surface area contributed by atoms with E-state index in [9.17, 15) is 4.79 Å². The molecule has 2 nitrogen and oxygen atoms in total. The predicted molar refractivity (Wildman–Crippen MR) is 67.5 cm³/mol. The van der Waals surface area contributed by atoms with Crippen LogP contribution in [0, 0.1) is 0 Å². The van der Waals surface area contributed by atoms with E-state index in [4.69, 9.17) is 0 Å². The fourth-order valence-electron chi connectivity index (χ4n) is 1.64. The fourth-order valence-corrected chi connectivity index (χ4v) is 1.64. The van der Waals surface area contributed by atoms with Crippen molar-refractivity contribution < 1.29 is 4.79 Å². The van der Waals surface area contributed by atoms with Gasteiger partial charge in [0.2, 0.25) is 5.91 Å². The monoisotopic (exact) mass is 219 g/mol. The molecule has 1 amide bonds. The molecule has 0 aliphatic rings. The highest BCUT2D eigenvalue weighted by atomic mass is 16.1. The minimum atomic E-state index is -0.0159. The lowest BCUT2D eigenvalue weighted by atomic mass is 9.84. The van der Waals surface area contributed by atoms with E-state index in [1.54, 1.807) is 6.92 Å². The van der Waals surface area contributed by atoms with Crippen LogP contribution < -0.4 is 5.32 Å². The molecule has 0 saturated carbocycles. The summed E-state index contributed by atoms with van der Waals surface area (Å²) in [4.78, 5) is 10.9. The molecule has 0 aliphatic carbocycles. The maximum atomic E-state index is 10.9. The summed E-state index contributed by atoms with van der Waals surface area (Å²) in [6, 6.07) is 8.62. The third-order valence-corrected chi connectivity index (χ3v) is 2.92. The van der Waals surface area contributed by atoms with Gasteiger partial charge in [-0.15, -0.1) is 0 Å². The SMILES string of the molecule is CCc1ccc(C(C)(C)CNC(C)=O)cc1. The summed E-state index contributed by atoms with van der Waals surface area (Å²) >= 11 is 0. The van der Waals surface area contributed by atoms with Crippen molar-refractivity contribution in [3.05, 3.63) is 35.4 Å². The standard InChI is InChI=1S/C14H21NO/c1-5-12-6-8-13(9-7-12)14(3,4)10-15-11(2)16/h6-9H,5,10H2,1-4H3,(H,15,16). The van der Waals surface area contributed by atoms with Crippen molar-refractivity contribution >= 4 is 5.91 Å². The summed E-state index contributed by atoms with van der Waals surface area (Å²) in [6.07, 6.45) is 1.06. The van der Waals surface area contributed by atoms with Gasteiger partial charge in [-0.1, -0.05) is 45.0 Å². The van der Waals surface area contributed by atoms with Crippen LogP contribution in [0.15, 0.2) is 24.3 Å². The van der Waals surface area contributed by atoms with Gasteiger partial charge in [-0.05, 0) is 17.5 Å². The highest BCUT2D eigenvalue weighted by molar-refractivity contribution is 5.72. The maximum Gasteiger partial charge on any atom is 0.216 e. The summed E-state index contributed by atoms with van der Waals surface area (Å²) in [5, 5.41) is 2.87. The molecule has 0 bridgehead atoms. The second-order valence-electron chi connectivity index (χ2n) is 4.84. The summed E-state index contributed by atoms with van der Waals surface area (Å²) in [7, 11) is 0. The topological polar surface area (TPSA) is 29.1 Å². The van der Waals surface area contributed by atoms with E-state index in [1.165, 1.54) is 11.1 Å². The van der Waals surface area contributed by atoms with Gasteiger partial charge >= 0.3 is 0 Å². The van der Waals surface area contributed by atoms with Crippen LogP contribution in [0.3, 0.4) is 0 Å². The maximum absolute atomic E-state index is 10.9. The number of hydrogen-bond acceptors (Lipinski definition) is 1. The second kappa shape index (κ2) is 5.15. The van der Waals surface area contributed by atoms with Gasteiger partial charge in [-0.25, -0.2) is 0 Å². The highest BCUT2D eigenvalue weighted by Crippen LogP contribution is 2.22. The molecular formula is C14H21NO. The number of amides is 1. The van der Waals surface area contributed by atoms with Crippen molar-refractivity contribution in [3.8, 4) is 0 Å². The second-order valence-corrected chi connectivity index (χ2v) is 4.84. The summed E-state index contributed by atoms with van der Waals surface area (Å²) < 4.78 is 0. The molecule has 0 aromatic heterocycles. The summed E-state index contributed by atoms with van der Waals surface area (Å²) in [6.45, 7) is 8.66. The van der Waals surface area contributed by atoms with E-state index in [-0.39, 0.29) is 11.3 Å². The predicted octanol–water partition coefficient (Wildman–Crippen LogP) is 2.66. The van der Waals surface area contributed by atoms with Crippen LogP contribution in [0.2, 0.25) is 0 Å². The molecule has 0 saturated heterocycles. The Morgan fingerprint density at radius 2 is 1.81 bits per heavy atom. The Labute approximate surface area is 98.1 Å². The first-order chi connectivity index (χ1) is 7.45. The van der Waals surface area contributed by atoms with Gasteiger partial charge in [0.15, 0.2) is 0 Å². The van der Waals surface area contributed by atoms with Gasteiger partial charge in [0, 0.05) is 18.9 Å². The van der Waals surface area contributed by atoms with Gasteiger partial charge in [-0.2, -0.15) is 0 Å². The smallest absolute Gasteiger partial charge is 0.216 e. The molecule has 0 unspecified atom stereocenters. The van der Waals surface area contributed by atoms with Crippen molar-refractivity contribution in [2.45, 2.75) is 39.5 Å². The number of carbonyl (C=O) groups is 1. The van der Waals surface area contributed by atoms with Gasteiger partial charge < -0.3 is 5.32 Å². The number of aryl methyl sites for hydroxylation is 1. The molecule has 1 N–H and O–H groups in total. The Balaban J connectivity index is 2.76. The van der Waals surface area contributed by atoms with Crippen LogP contribution in [0.25, 0.3) is 0 Å². The lowest BCUT2D eigenvalue weighted by Crippen LogP contribution is -2.35. The normalized spacial score (nSPS) is 11.2. The summed E-state index contributed by atoms with van der Waals surface area (Å²) in [5.74, 6) is 0.0262. The molecular weight excluding hydrogens is 198 g/mol. The zero-order valence-corrected chi connectivity index (χ0v) is 10.6. The molecule has 0 atom stereocenters. The van der Waals surface area contributed by atoms with Crippen LogP contribution in [-0.4, -0.2) is 12.5 Å². The molecule has 0 radical (unpaired) electrons. The molecule has 16 heavy (non-hydrogen) atoms. The molecule has 0 spiro atoms. The van der Waals surface area contributed by atoms with Gasteiger partial charge in [0.25, 0.3) is 0 Å². The van der Waals surface area contributed by atoms with Crippen molar-refractivity contribution in [2.24, 2.45) is 0 Å². The highest BCUT2D eigenvalue weighted by Gasteiger charge is 2.20. The Bertz CT molecular complexity index is 352. The van der Waals surface area contributed by atoms with E-state index >= 15 is 0 Å². The van der Waals surface area contributed by atoms with E-state index in [1.807, 2.05) is 0 Å². The zero-order valence-electron chi connectivity index (χ0n) is 10.6. The van der Waals surface area contributed by atoms with E-state index in [0.29, 0.717) is 6.54 Å². The fraction of sp³-hybridized carbons (Fsp3) is 0.500. The van der Waals surface area contributed by atoms with Crippen LogP contribution in [0.4, 0.5) is 0 Å². The third kappa shape index (κ3) is 3.37. The minimum absolute atomic E-state index is 0.0159. The Hall–Kier alpha value is -1.31. The molecule has 2 heteroatoms. The molecule has 0 fully saturated rings. The molecule has 1 aromatic rings. The quantitative estimate of drug-likeness (QED) is 0.828. The number of nitrogens with one attached hydrogen (secondary N) is 1. The van der Waals surface area contributed by atoms with Crippen molar-refractivity contribution in [1.82, 2.24) is 5.32 Å². The average molecular weight is 219 g/mol. The van der Waals surface area contributed by atoms with E-state index in [2.05, 4.69) is 50.4 Å². The van der Waals surface area contributed by atoms with Crippen molar-refractivity contribution in [2.75, 3.05) is 6.54 Å². The van der Waals surface area contributed by atoms with Crippen LogP contribution in [0.1, 0.15) is 38.8 Å². The first-order valence-electron chi connectivity index (χ1n) is 5.79. The lowest BCUT2D eigenvalue weighted by molar-refractivity contribution is -0.119. The van der Waals surface area contributed by atoms with Gasteiger partial charge in [-0.3, -0.25) is 4.79 Å². The zero-order chi connectivity index (χ0) is 12.2. The lowest BCUT2D eigenvalue weighted by Gasteiger charge is -2.25. The van der Waals surface area contributed by atoms with Gasteiger partial charge in [0.05, 0.1) is 0 Å². The third-order valence-electron chi connectivity index (χ3n) is 2.92.